The van der Waals surface area contributed by atoms with Crippen LogP contribution in [0.5, 0.6) is 0 Å². The summed E-state index contributed by atoms with van der Waals surface area (Å²) < 4.78 is 39.2. The maximum absolute atomic E-state index is 13.5. The summed E-state index contributed by atoms with van der Waals surface area (Å²) >= 11 is 0. The van der Waals surface area contributed by atoms with Crippen LogP contribution in [0, 0.1) is 17.6 Å². The molecular weight excluding hydrogens is 241 g/mol. The number of aromatic nitrogens is 1. The third-order valence-electron chi connectivity index (χ3n) is 2.56. The molecule has 0 spiro atoms. The average molecular weight is 252 g/mol. The van der Waals surface area contributed by atoms with Crippen LogP contribution in [0.25, 0.3) is 0 Å². The number of halogens is 3. The molecule has 1 aromatic carbocycles. The van der Waals surface area contributed by atoms with Crippen molar-refractivity contribution in [1.82, 2.24) is 4.98 Å². The summed E-state index contributed by atoms with van der Waals surface area (Å²) in [6, 6.07) is 6.22. The van der Waals surface area contributed by atoms with Gasteiger partial charge in [-0.15, -0.1) is 0 Å². The number of benzene rings is 1. The van der Waals surface area contributed by atoms with Gasteiger partial charge in [0.15, 0.2) is 11.6 Å². The van der Waals surface area contributed by atoms with E-state index in [0.717, 1.165) is 6.07 Å². The molecule has 0 saturated carbocycles. The van der Waals surface area contributed by atoms with E-state index in [1.165, 1.54) is 30.5 Å². The van der Waals surface area contributed by atoms with Gasteiger partial charge in [-0.05, 0) is 25.1 Å². The van der Waals surface area contributed by atoms with Crippen molar-refractivity contribution in [3.05, 3.63) is 59.7 Å². The number of rotatable bonds is 3. The van der Waals surface area contributed by atoms with Gasteiger partial charge in [-0.1, -0.05) is 12.1 Å². The maximum atomic E-state index is 13.5. The molecule has 0 radical (unpaired) electrons. The molecule has 0 saturated heterocycles. The molecule has 1 N–H and O–H groups in total. The van der Waals surface area contributed by atoms with E-state index in [4.69, 9.17) is 0 Å². The van der Waals surface area contributed by atoms with Gasteiger partial charge < -0.3 is 5.32 Å². The Morgan fingerprint density at radius 1 is 1.11 bits per heavy atom. The minimum atomic E-state index is -0.890. The first-order chi connectivity index (χ1) is 8.58. The third kappa shape index (κ3) is 2.61. The highest BCUT2D eigenvalue weighted by atomic mass is 19.2. The number of hydrogen-bond acceptors (Lipinski definition) is 2. The first kappa shape index (κ1) is 12.4. The predicted octanol–water partition coefficient (Wildman–Crippen LogP) is 3.67. The first-order valence-corrected chi connectivity index (χ1v) is 5.40. The van der Waals surface area contributed by atoms with E-state index in [1.54, 1.807) is 6.92 Å². The van der Waals surface area contributed by atoms with Crippen LogP contribution in [0.4, 0.5) is 18.9 Å². The highest BCUT2D eigenvalue weighted by Gasteiger charge is 2.14. The van der Waals surface area contributed by atoms with Gasteiger partial charge in [-0.2, -0.15) is 4.39 Å². The van der Waals surface area contributed by atoms with Gasteiger partial charge in [0.05, 0.1) is 17.9 Å². The lowest BCUT2D eigenvalue weighted by Gasteiger charge is -2.16. The normalized spacial score (nSPS) is 12.2. The molecule has 94 valence electrons. The first-order valence-electron chi connectivity index (χ1n) is 5.40. The molecular formula is C13H11F3N2. The molecule has 0 aliphatic carbocycles. The molecule has 1 atom stereocenters. The second-order valence-electron chi connectivity index (χ2n) is 3.88. The Hall–Kier alpha value is -2.04. The second kappa shape index (κ2) is 5.08. The number of nitrogens with one attached hydrogen (secondary N) is 1. The highest BCUT2D eigenvalue weighted by Crippen LogP contribution is 2.22. The van der Waals surface area contributed by atoms with Gasteiger partial charge in [0.1, 0.15) is 0 Å². The van der Waals surface area contributed by atoms with Crippen molar-refractivity contribution in [2.75, 3.05) is 5.32 Å². The summed E-state index contributed by atoms with van der Waals surface area (Å²) in [4.78, 5) is 3.47. The summed E-state index contributed by atoms with van der Waals surface area (Å²) in [6.07, 6.45) is 1.29. The van der Waals surface area contributed by atoms with Gasteiger partial charge in [-0.25, -0.2) is 13.8 Å². The zero-order valence-corrected chi connectivity index (χ0v) is 9.62. The molecule has 18 heavy (non-hydrogen) atoms. The number of hydrogen-bond donors (Lipinski definition) is 1. The average Bonchev–Trinajstić information content (AvgIpc) is 2.35. The Balaban J connectivity index is 2.19. The monoisotopic (exact) mass is 252 g/mol. The Morgan fingerprint density at radius 3 is 2.56 bits per heavy atom. The summed E-state index contributed by atoms with van der Waals surface area (Å²) in [6.45, 7) is 1.68. The van der Waals surface area contributed by atoms with Crippen molar-refractivity contribution in [1.29, 1.82) is 0 Å². The van der Waals surface area contributed by atoms with E-state index < -0.39 is 23.6 Å². The van der Waals surface area contributed by atoms with Gasteiger partial charge in [0.25, 0.3) is 0 Å². The topological polar surface area (TPSA) is 24.9 Å². The van der Waals surface area contributed by atoms with Gasteiger partial charge in [0, 0.05) is 5.56 Å². The summed E-state index contributed by atoms with van der Waals surface area (Å²) in [5, 5.41) is 2.92. The lowest BCUT2D eigenvalue weighted by molar-refractivity contribution is 0.494. The fourth-order valence-corrected chi connectivity index (χ4v) is 1.64. The Morgan fingerprint density at radius 2 is 1.89 bits per heavy atom. The van der Waals surface area contributed by atoms with Crippen LogP contribution in [0.1, 0.15) is 18.5 Å². The summed E-state index contributed by atoms with van der Waals surface area (Å²) in [5.74, 6) is -2.36. The van der Waals surface area contributed by atoms with Crippen molar-refractivity contribution in [3.63, 3.8) is 0 Å². The molecule has 5 heteroatoms. The maximum Gasteiger partial charge on any atom is 0.212 e. The van der Waals surface area contributed by atoms with Crippen LogP contribution in [-0.2, 0) is 0 Å². The van der Waals surface area contributed by atoms with Crippen LogP contribution in [0.2, 0.25) is 0 Å². The molecule has 0 bridgehead atoms. The lowest BCUT2D eigenvalue weighted by Crippen LogP contribution is -2.09. The summed E-state index contributed by atoms with van der Waals surface area (Å²) in [7, 11) is 0. The van der Waals surface area contributed by atoms with Crippen LogP contribution >= 0.6 is 0 Å². The molecule has 2 aromatic rings. The van der Waals surface area contributed by atoms with Crippen molar-refractivity contribution in [2.24, 2.45) is 0 Å². The van der Waals surface area contributed by atoms with Crippen molar-refractivity contribution < 1.29 is 13.2 Å². The van der Waals surface area contributed by atoms with Crippen molar-refractivity contribution in [3.8, 4) is 0 Å². The molecule has 0 aliphatic rings. The zero-order valence-electron chi connectivity index (χ0n) is 9.62. The van der Waals surface area contributed by atoms with Gasteiger partial charge >= 0.3 is 0 Å². The van der Waals surface area contributed by atoms with E-state index in [0.29, 0.717) is 5.69 Å². The van der Waals surface area contributed by atoms with E-state index in [2.05, 4.69) is 10.3 Å². The highest BCUT2D eigenvalue weighted by molar-refractivity contribution is 5.43. The molecule has 2 nitrogen and oxygen atoms in total. The summed E-state index contributed by atoms with van der Waals surface area (Å²) in [5.41, 5.74) is 0.742. The molecule has 0 fully saturated rings. The van der Waals surface area contributed by atoms with Gasteiger partial charge in [-0.3, -0.25) is 0 Å². The fourth-order valence-electron chi connectivity index (χ4n) is 1.64. The van der Waals surface area contributed by atoms with Crippen molar-refractivity contribution >= 4 is 5.69 Å². The van der Waals surface area contributed by atoms with Crippen LogP contribution in [0.15, 0.2) is 36.5 Å². The second-order valence-corrected chi connectivity index (χ2v) is 3.88. The van der Waals surface area contributed by atoms with E-state index >= 15 is 0 Å². The number of nitrogens with zero attached hydrogens (tertiary/aromatic N) is 1. The predicted molar refractivity (Wildman–Crippen MR) is 62.6 cm³/mol. The quantitative estimate of drug-likeness (QED) is 0.843. The standard InChI is InChI=1S/C13H11F3N2/c1-8(10-3-2-4-11(14)13(10)16)18-9-5-6-12(15)17-7-9/h2-8,18H,1H3. The smallest absolute Gasteiger partial charge is 0.212 e. The third-order valence-corrected chi connectivity index (χ3v) is 2.56. The van der Waals surface area contributed by atoms with Crippen LogP contribution < -0.4 is 5.32 Å². The van der Waals surface area contributed by atoms with Gasteiger partial charge in [0.2, 0.25) is 5.95 Å². The Bertz CT molecular complexity index is 540. The zero-order chi connectivity index (χ0) is 13.1. The molecule has 0 amide bonds. The Labute approximate surface area is 102 Å². The van der Waals surface area contributed by atoms with E-state index in [9.17, 15) is 13.2 Å². The van der Waals surface area contributed by atoms with E-state index in [-0.39, 0.29) is 5.56 Å². The fraction of sp³-hybridized carbons (Fsp3) is 0.154. The molecule has 2 rings (SSSR count). The lowest BCUT2D eigenvalue weighted by atomic mass is 10.1. The number of anilines is 1. The van der Waals surface area contributed by atoms with Crippen molar-refractivity contribution in [2.45, 2.75) is 13.0 Å². The SMILES string of the molecule is CC(Nc1ccc(F)nc1)c1cccc(F)c1F. The molecule has 1 aromatic heterocycles. The largest absolute Gasteiger partial charge is 0.377 e. The minimum Gasteiger partial charge on any atom is -0.377 e. The Kier molecular flexibility index (Phi) is 3.50. The molecule has 0 aliphatic heterocycles. The number of pyridine rings is 1. The van der Waals surface area contributed by atoms with Crippen LogP contribution in [-0.4, -0.2) is 4.98 Å². The molecule has 1 unspecified atom stereocenters. The van der Waals surface area contributed by atoms with E-state index in [1.807, 2.05) is 0 Å². The minimum absolute atomic E-state index is 0.208. The molecule has 1 heterocycles. The van der Waals surface area contributed by atoms with Crippen LogP contribution in [0.3, 0.4) is 0 Å².